The Kier molecular flexibility index (Phi) is 2.33. The predicted molar refractivity (Wildman–Crippen MR) is 73.2 cm³/mol. The van der Waals surface area contributed by atoms with Gasteiger partial charge in [-0.15, -0.1) is 0 Å². The molecule has 1 aromatic carbocycles. The zero-order chi connectivity index (χ0) is 12.7. The summed E-state index contributed by atoms with van der Waals surface area (Å²) in [5, 5.41) is 2.87. The molecule has 0 saturated heterocycles. The van der Waals surface area contributed by atoms with E-state index in [1.807, 2.05) is 37.3 Å². The van der Waals surface area contributed by atoms with E-state index in [0.717, 1.165) is 22.6 Å². The first kappa shape index (κ1) is 10.8. The average Bonchev–Trinajstić information content (AvgIpc) is 2.82. The third-order valence-electron chi connectivity index (χ3n) is 3.31. The number of carbonyl (C=O) groups is 1. The third-order valence-corrected chi connectivity index (χ3v) is 3.31. The largest absolute Gasteiger partial charge is 0.359 e. The Morgan fingerprint density at radius 3 is 2.67 bits per heavy atom. The van der Waals surface area contributed by atoms with Gasteiger partial charge in [-0.2, -0.15) is 0 Å². The number of hydrogen-bond acceptors (Lipinski definition) is 1. The van der Waals surface area contributed by atoms with Crippen molar-refractivity contribution in [2.45, 2.75) is 13.8 Å². The van der Waals surface area contributed by atoms with Crippen LogP contribution in [0, 0.1) is 13.8 Å². The van der Waals surface area contributed by atoms with Crippen molar-refractivity contribution in [2.24, 2.45) is 0 Å². The van der Waals surface area contributed by atoms with Crippen LogP contribution in [0.5, 0.6) is 0 Å². The highest BCUT2D eigenvalue weighted by atomic mass is 16.2. The van der Waals surface area contributed by atoms with Crippen molar-refractivity contribution in [3.8, 4) is 0 Å². The molecule has 1 aliphatic heterocycles. The van der Waals surface area contributed by atoms with E-state index in [2.05, 4.69) is 23.3 Å². The molecule has 1 aliphatic rings. The Labute approximate surface area is 106 Å². The minimum Gasteiger partial charge on any atom is -0.359 e. The number of carbonyl (C=O) groups excluding carboxylic acids is 1. The summed E-state index contributed by atoms with van der Waals surface area (Å²) in [5.41, 5.74) is 5.86. The second kappa shape index (κ2) is 3.88. The van der Waals surface area contributed by atoms with Crippen LogP contribution in [0.3, 0.4) is 0 Å². The molecule has 1 aromatic heterocycles. The van der Waals surface area contributed by atoms with Gasteiger partial charge in [0.1, 0.15) is 0 Å². The fraction of sp³-hybridized carbons (Fsp3) is 0.133. The number of rotatable bonds is 1. The van der Waals surface area contributed by atoms with Crippen LogP contribution in [0.15, 0.2) is 30.3 Å². The van der Waals surface area contributed by atoms with Crippen LogP contribution in [-0.4, -0.2) is 10.9 Å². The molecule has 2 heterocycles. The number of amides is 1. The number of hydrogen-bond donors (Lipinski definition) is 2. The molecule has 2 aromatic rings. The van der Waals surface area contributed by atoms with Crippen LogP contribution >= 0.6 is 0 Å². The molecular formula is C15H14N2O. The monoisotopic (exact) mass is 238 g/mol. The fourth-order valence-electron chi connectivity index (χ4n) is 2.21. The van der Waals surface area contributed by atoms with Crippen molar-refractivity contribution in [2.75, 3.05) is 5.32 Å². The normalized spacial score (nSPS) is 15.9. The van der Waals surface area contributed by atoms with Crippen molar-refractivity contribution >= 4 is 23.2 Å². The third kappa shape index (κ3) is 1.64. The van der Waals surface area contributed by atoms with Gasteiger partial charge in [0.15, 0.2) is 0 Å². The maximum Gasteiger partial charge on any atom is 0.256 e. The molecule has 3 nitrogen and oxygen atoms in total. The topological polar surface area (TPSA) is 44.9 Å². The van der Waals surface area contributed by atoms with E-state index in [0.29, 0.717) is 5.57 Å². The van der Waals surface area contributed by atoms with Crippen LogP contribution in [0.25, 0.3) is 11.6 Å². The van der Waals surface area contributed by atoms with Crippen molar-refractivity contribution < 1.29 is 4.79 Å². The smallest absolute Gasteiger partial charge is 0.256 e. The SMILES string of the molecule is Cc1cc(C=C2C(=O)Nc3ccccc32)[nH]c1C. The molecule has 0 radical (unpaired) electrons. The first-order chi connectivity index (χ1) is 8.65. The lowest BCUT2D eigenvalue weighted by molar-refractivity contribution is -0.110. The highest BCUT2D eigenvalue weighted by Gasteiger charge is 2.23. The zero-order valence-electron chi connectivity index (χ0n) is 10.4. The molecule has 18 heavy (non-hydrogen) atoms. The first-order valence-electron chi connectivity index (χ1n) is 5.94. The fourth-order valence-corrected chi connectivity index (χ4v) is 2.21. The van der Waals surface area contributed by atoms with E-state index in [-0.39, 0.29) is 5.91 Å². The number of aromatic nitrogens is 1. The van der Waals surface area contributed by atoms with Gasteiger partial charge in [0.2, 0.25) is 0 Å². The highest BCUT2D eigenvalue weighted by Crippen LogP contribution is 2.32. The molecule has 2 N–H and O–H groups in total. The van der Waals surface area contributed by atoms with Gasteiger partial charge in [-0.25, -0.2) is 0 Å². The number of fused-ring (bicyclic) bond motifs is 1. The maximum atomic E-state index is 11.9. The Morgan fingerprint density at radius 2 is 1.94 bits per heavy atom. The van der Waals surface area contributed by atoms with Crippen molar-refractivity contribution in [3.63, 3.8) is 0 Å². The zero-order valence-corrected chi connectivity index (χ0v) is 10.4. The molecule has 0 fully saturated rings. The Morgan fingerprint density at radius 1 is 1.17 bits per heavy atom. The number of para-hydroxylation sites is 1. The highest BCUT2D eigenvalue weighted by molar-refractivity contribution is 6.34. The summed E-state index contributed by atoms with van der Waals surface area (Å²) in [6.07, 6.45) is 1.90. The van der Waals surface area contributed by atoms with Crippen LogP contribution in [0.1, 0.15) is 22.5 Å². The van der Waals surface area contributed by atoms with Crippen LogP contribution in [-0.2, 0) is 4.79 Å². The lowest BCUT2D eigenvalue weighted by atomic mass is 10.1. The summed E-state index contributed by atoms with van der Waals surface area (Å²) in [7, 11) is 0. The van der Waals surface area contributed by atoms with Gasteiger partial charge >= 0.3 is 0 Å². The molecule has 3 rings (SSSR count). The van der Waals surface area contributed by atoms with E-state index >= 15 is 0 Å². The van der Waals surface area contributed by atoms with Gasteiger partial charge in [0, 0.05) is 22.6 Å². The molecule has 3 heteroatoms. The van der Waals surface area contributed by atoms with Gasteiger partial charge in [-0.3, -0.25) is 4.79 Å². The average molecular weight is 238 g/mol. The van der Waals surface area contributed by atoms with Crippen molar-refractivity contribution in [1.29, 1.82) is 0 Å². The summed E-state index contributed by atoms with van der Waals surface area (Å²) < 4.78 is 0. The van der Waals surface area contributed by atoms with Gasteiger partial charge in [-0.05, 0) is 37.6 Å². The molecule has 0 aliphatic carbocycles. The molecular weight excluding hydrogens is 224 g/mol. The number of anilines is 1. The van der Waals surface area contributed by atoms with E-state index in [1.54, 1.807) is 0 Å². The molecule has 0 spiro atoms. The van der Waals surface area contributed by atoms with E-state index < -0.39 is 0 Å². The Hall–Kier alpha value is -2.29. The summed E-state index contributed by atoms with van der Waals surface area (Å²) >= 11 is 0. The number of benzene rings is 1. The van der Waals surface area contributed by atoms with Crippen LogP contribution < -0.4 is 5.32 Å². The van der Waals surface area contributed by atoms with E-state index in [1.165, 1.54) is 5.56 Å². The van der Waals surface area contributed by atoms with Crippen molar-refractivity contribution in [3.05, 3.63) is 52.8 Å². The first-order valence-corrected chi connectivity index (χ1v) is 5.94. The number of aryl methyl sites for hydroxylation is 2. The van der Waals surface area contributed by atoms with Gasteiger partial charge in [-0.1, -0.05) is 18.2 Å². The molecule has 1 amide bonds. The predicted octanol–water partition coefficient (Wildman–Crippen LogP) is 3.12. The van der Waals surface area contributed by atoms with Gasteiger partial charge < -0.3 is 10.3 Å². The molecule has 0 bridgehead atoms. The van der Waals surface area contributed by atoms with Crippen LogP contribution in [0.4, 0.5) is 5.69 Å². The molecule has 90 valence electrons. The van der Waals surface area contributed by atoms with E-state index in [9.17, 15) is 4.79 Å². The Balaban J connectivity index is 2.09. The maximum absolute atomic E-state index is 11.9. The van der Waals surface area contributed by atoms with Gasteiger partial charge in [0.05, 0.1) is 5.57 Å². The van der Waals surface area contributed by atoms with Crippen molar-refractivity contribution in [1.82, 2.24) is 4.98 Å². The summed E-state index contributed by atoms with van der Waals surface area (Å²) in [6.45, 7) is 4.08. The minimum atomic E-state index is -0.0406. The second-order valence-corrected chi connectivity index (χ2v) is 4.59. The van der Waals surface area contributed by atoms with E-state index in [4.69, 9.17) is 0 Å². The number of H-pyrrole nitrogens is 1. The lowest BCUT2D eigenvalue weighted by Crippen LogP contribution is -2.03. The summed E-state index contributed by atoms with van der Waals surface area (Å²) in [4.78, 5) is 15.2. The van der Waals surface area contributed by atoms with Gasteiger partial charge in [0.25, 0.3) is 5.91 Å². The Bertz CT molecular complexity index is 645. The van der Waals surface area contributed by atoms with Crippen LogP contribution in [0.2, 0.25) is 0 Å². The summed E-state index contributed by atoms with van der Waals surface area (Å²) in [5.74, 6) is -0.0406. The number of aromatic amines is 1. The molecule has 0 unspecified atom stereocenters. The standard InChI is InChI=1S/C15H14N2O/c1-9-7-11(16-10(9)2)8-13-12-5-3-4-6-14(12)17-15(13)18/h3-8,16H,1-2H3,(H,17,18). The lowest BCUT2D eigenvalue weighted by Gasteiger charge is -1.96. The quantitative estimate of drug-likeness (QED) is 0.737. The second-order valence-electron chi connectivity index (χ2n) is 4.59. The molecule has 0 saturated carbocycles. The molecule has 0 atom stereocenters. The minimum absolute atomic E-state index is 0.0406. The summed E-state index contributed by atoms with van der Waals surface area (Å²) in [6, 6.07) is 9.79. The number of nitrogens with one attached hydrogen (secondary N) is 2.